The number of amides is 1. The number of aromatic nitrogens is 2. The highest BCUT2D eigenvalue weighted by atomic mass is 32.1. The normalized spacial score (nSPS) is 10.6. The maximum atomic E-state index is 11.5. The van der Waals surface area contributed by atoms with E-state index in [9.17, 15) is 4.79 Å². The van der Waals surface area contributed by atoms with Gasteiger partial charge in [-0.1, -0.05) is 18.3 Å². The van der Waals surface area contributed by atoms with E-state index in [-0.39, 0.29) is 5.91 Å². The lowest BCUT2D eigenvalue weighted by molar-refractivity contribution is -0.115. The minimum absolute atomic E-state index is 0.0423. The van der Waals surface area contributed by atoms with Crippen LogP contribution in [0, 0.1) is 6.92 Å². The van der Waals surface area contributed by atoms with Gasteiger partial charge in [-0.05, 0) is 31.2 Å². The second-order valence-electron chi connectivity index (χ2n) is 5.12. The molecule has 0 bridgehead atoms. The number of hydrogen-bond acceptors (Lipinski definition) is 7. The fourth-order valence-corrected chi connectivity index (χ4v) is 3.76. The van der Waals surface area contributed by atoms with Crippen molar-refractivity contribution in [2.24, 2.45) is 0 Å². The molecule has 0 unspecified atom stereocenters. The first-order valence-corrected chi connectivity index (χ1v) is 9.10. The summed E-state index contributed by atoms with van der Waals surface area (Å²) in [4.78, 5) is 21.5. The Hall–Kier alpha value is -2.45. The molecule has 3 rings (SSSR count). The van der Waals surface area contributed by atoms with Crippen LogP contribution in [0.3, 0.4) is 0 Å². The second-order valence-corrected chi connectivity index (χ2v) is 6.98. The molecule has 0 radical (unpaired) electrons. The Kier molecular flexibility index (Phi) is 4.77. The molecule has 4 N–H and O–H groups in total. The first kappa shape index (κ1) is 16.4. The highest BCUT2D eigenvalue weighted by Gasteiger charge is 2.14. The van der Waals surface area contributed by atoms with Crippen molar-refractivity contribution in [2.45, 2.75) is 20.3 Å². The number of nitrogens with two attached hydrogens (primary N) is 1. The Balaban J connectivity index is 1.77. The van der Waals surface area contributed by atoms with Gasteiger partial charge in [0.15, 0.2) is 10.3 Å². The maximum absolute atomic E-state index is 11.5. The monoisotopic (exact) mass is 359 g/mol. The van der Waals surface area contributed by atoms with Crippen LogP contribution in [-0.4, -0.2) is 15.9 Å². The van der Waals surface area contributed by atoms with E-state index in [4.69, 9.17) is 5.73 Å². The number of carbonyl (C=O) groups excluding carboxylic acids is 1. The standard InChI is InChI=1S/C16H17N5OS2/c1-3-13(22)21-16-18-9(2)14(24-16)12-8-23-15(20-12)19-11-6-4-10(17)5-7-11/h4-8H,3,17H2,1-2H3,(H,19,20)(H,18,21,22). The molecular formula is C16H17N5OS2. The summed E-state index contributed by atoms with van der Waals surface area (Å²) >= 11 is 2.95. The first-order chi connectivity index (χ1) is 11.5. The van der Waals surface area contributed by atoms with Crippen LogP contribution >= 0.6 is 22.7 Å². The van der Waals surface area contributed by atoms with Crippen molar-refractivity contribution in [1.82, 2.24) is 9.97 Å². The number of nitrogens with one attached hydrogen (secondary N) is 2. The molecule has 1 amide bonds. The zero-order valence-corrected chi connectivity index (χ0v) is 14.9. The molecule has 3 aromatic rings. The van der Waals surface area contributed by atoms with Crippen LogP contribution < -0.4 is 16.4 Å². The Morgan fingerprint density at radius 1 is 1.21 bits per heavy atom. The molecule has 0 saturated carbocycles. The maximum Gasteiger partial charge on any atom is 0.225 e. The van der Waals surface area contributed by atoms with Crippen molar-refractivity contribution >= 4 is 50.2 Å². The van der Waals surface area contributed by atoms with Gasteiger partial charge in [-0.3, -0.25) is 4.79 Å². The molecule has 0 saturated heterocycles. The number of benzene rings is 1. The minimum atomic E-state index is -0.0423. The number of anilines is 4. The summed E-state index contributed by atoms with van der Waals surface area (Å²) in [5.74, 6) is -0.0423. The molecule has 2 aromatic heterocycles. The van der Waals surface area contributed by atoms with Gasteiger partial charge in [-0.2, -0.15) is 0 Å². The number of aryl methyl sites for hydroxylation is 1. The number of carbonyl (C=O) groups is 1. The summed E-state index contributed by atoms with van der Waals surface area (Å²) in [7, 11) is 0. The van der Waals surface area contributed by atoms with Crippen molar-refractivity contribution in [3.8, 4) is 10.6 Å². The summed E-state index contributed by atoms with van der Waals surface area (Å²) in [5, 5.41) is 9.42. The van der Waals surface area contributed by atoms with Crippen LogP contribution in [0.2, 0.25) is 0 Å². The average Bonchev–Trinajstić information content (AvgIpc) is 3.16. The molecule has 0 spiro atoms. The third kappa shape index (κ3) is 3.72. The van der Waals surface area contributed by atoms with Crippen LogP contribution in [0.15, 0.2) is 29.6 Å². The summed E-state index contributed by atoms with van der Waals surface area (Å²) in [6, 6.07) is 7.50. The molecule has 8 heteroatoms. The molecule has 0 aliphatic rings. The van der Waals surface area contributed by atoms with E-state index >= 15 is 0 Å². The van der Waals surface area contributed by atoms with Crippen molar-refractivity contribution < 1.29 is 4.79 Å². The zero-order valence-electron chi connectivity index (χ0n) is 13.3. The summed E-state index contributed by atoms with van der Waals surface area (Å²) in [6.07, 6.45) is 0.431. The molecule has 0 atom stereocenters. The number of nitrogen functional groups attached to an aromatic ring is 1. The quantitative estimate of drug-likeness (QED) is 0.592. The molecular weight excluding hydrogens is 342 g/mol. The predicted octanol–water partition coefficient (Wildman–Crippen LogP) is 4.25. The fourth-order valence-electron chi connectivity index (χ4n) is 2.02. The number of rotatable bonds is 5. The smallest absolute Gasteiger partial charge is 0.225 e. The Morgan fingerprint density at radius 2 is 1.96 bits per heavy atom. The lowest BCUT2D eigenvalue weighted by Crippen LogP contribution is -2.08. The lowest BCUT2D eigenvalue weighted by Gasteiger charge is -2.02. The molecule has 0 aliphatic heterocycles. The van der Waals surface area contributed by atoms with E-state index in [2.05, 4.69) is 20.6 Å². The van der Waals surface area contributed by atoms with Crippen molar-refractivity contribution in [2.75, 3.05) is 16.4 Å². The Labute approximate surface area is 147 Å². The minimum Gasteiger partial charge on any atom is -0.399 e. The highest BCUT2D eigenvalue weighted by Crippen LogP contribution is 2.35. The van der Waals surface area contributed by atoms with Gasteiger partial charge in [-0.15, -0.1) is 11.3 Å². The Morgan fingerprint density at radius 3 is 2.67 bits per heavy atom. The van der Waals surface area contributed by atoms with Gasteiger partial charge in [0.2, 0.25) is 5.91 Å². The van der Waals surface area contributed by atoms with E-state index in [0.717, 1.165) is 32.8 Å². The predicted molar refractivity (Wildman–Crippen MR) is 101 cm³/mol. The summed E-state index contributed by atoms with van der Waals surface area (Å²) in [6.45, 7) is 3.73. The van der Waals surface area contributed by atoms with Gasteiger partial charge in [0, 0.05) is 23.2 Å². The topological polar surface area (TPSA) is 92.9 Å². The average molecular weight is 359 g/mol. The van der Waals surface area contributed by atoms with Gasteiger partial charge < -0.3 is 16.4 Å². The fraction of sp³-hybridized carbons (Fsp3) is 0.188. The Bertz CT molecular complexity index is 854. The van der Waals surface area contributed by atoms with E-state index in [0.29, 0.717) is 11.6 Å². The number of nitrogens with zero attached hydrogens (tertiary/aromatic N) is 2. The molecule has 1 aromatic carbocycles. The van der Waals surface area contributed by atoms with Gasteiger partial charge >= 0.3 is 0 Å². The SMILES string of the molecule is CCC(=O)Nc1nc(C)c(-c2csc(Nc3ccc(N)cc3)n2)s1. The van der Waals surface area contributed by atoms with Gasteiger partial charge in [0.25, 0.3) is 0 Å². The van der Waals surface area contributed by atoms with Gasteiger partial charge in [0.05, 0.1) is 16.3 Å². The largest absolute Gasteiger partial charge is 0.399 e. The first-order valence-electron chi connectivity index (χ1n) is 7.41. The van der Waals surface area contributed by atoms with Crippen LogP contribution in [0.25, 0.3) is 10.6 Å². The van der Waals surface area contributed by atoms with E-state index in [1.54, 1.807) is 0 Å². The van der Waals surface area contributed by atoms with Gasteiger partial charge in [0.1, 0.15) is 0 Å². The zero-order chi connectivity index (χ0) is 17.1. The number of thiazole rings is 2. The van der Waals surface area contributed by atoms with E-state index < -0.39 is 0 Å². The summed E-state index contributed by atoms with van der Waals surface area (Å²) < 4.78 is 0. The third-order valence-corrected chi connectivity index (χ3v) is 5.12. The van der Waals surface area contributed by atoms with Crippen LogP contribution in [0.5, 0.6) is 0 Å². The second kappa shape index (κ2) is 6.98. The van der Waals surface area contributed by atoms with E-state index in [1.807, 2.05) is 43.5 Å². The van der Waals surface area contributed by atoms with Crippen molar-refractivity contribution in [3.63, 3.8) is 0 Å². The van der Waals surface area contributed by atoms with Crippen molar-refractivity contribution in [3.05, 3.63) is 35.3 Å². The van der Waals surface area contributed by atoms with Crippen LogP contribution in [0.1, 0.15) is 19.0 Å². The molecule has 24 heavy (non-hydrogen) atoms. The van der Waals surface area contributed by atoms with Crippen LogP contribution in [0.4, 0.5) is 21.6 Å². The molecule has 0 aliphatic carbocycles. The van der Waals surface area contributed by atoms with Gasteiger partial charge in [-0.25, -0.2) is 9.97 Å². The molecule has 6 nitrogen and oxygen atoms in total. The summed E-state index contributed by atoms with van der Waals surface area (Å²) in [5.41, 5.74) is 9.05. The molecule has 2 heterocycles. The number of hydrogen-bond donors (Lipinski definition) is 3. The highest BCUT2D eigenvalue weighted by molar-refractivity contribution is 7.20. The molecule has 0 fully saturated rings. The third-order valence-electron chi connectivity index (χ3n) is 3.26. The van der Waals surface area contributed by atoms with E-state index in [1.165, 1.54) is 22.7 Å². The lowest BCUT2D eigenvalue weighted by atomic mass is 10.3. The van der Waals surface area contributed by atoms with Crippen molar-refractivity contribution in [1.29, 1.82) is 0 Å². The molecule has 124 valence electrons. The van der Waals surface area contributed by atoms with Crippen LogP contribution in [-0.2, 0) is 4.79 Å².